The molecule has 0 atom stereocenters. The third kappa shape index (κ3) is 5.48. The summed E-state index contributed by atoms with van der Waals surface area (Å²) < 4.78 is 33.8. The summed E-state index contributed by atoms with van der Waals surface area (Å²) in [6.45, 7) is 9.39. The van der Waals surface area contributed by atoms with Crippen LogP contribution in [0.15, 0.2) is 59.5 Å². The molecule has 0 fully saturated rings. The van der Waals surface area contributed by atoms with E-state index in [9.17, 15) is 13.2 Å². The molecule has 0 aliphatic carbocycles. The maximum atomic E-state index is 12.8. The second kappa shape index (κ2) is 9.44. The van der Waals surface area contributed by atoms with E-state index in [4.69, 9.17) is 4.74 Å². The second-order valence-corrected chi connectivity index (χ2v) is 9.60. The zero-order valence-corrected chi connectivity index (χ0v) is 19.8. The summed E-state index contributed by atoms with van der Waals surface area (Å²) in [5.41, 5.74) is 6.06. The van der Waals surface area contributed by atoms with Gasteiger partial charge in [0.25, 0.3) is 15.9 Å². The lowest BCUT2D eigenvalue weighted by Gasteiger charge is -2.14. The van der Waals surface area contributed by atoms with Crippen LogP contribution in [0, 0.1) is 34.6 Å². The number of hydrogen-bond donors (Lipinski definition) is 2. The first-order valence-electron chi connectivity index (χ1n) is 10.3. The van der Waals surface area contributed by atoms with E-state index < -0.39 is 10.0 Å². The second-order valence-electron chi connectivity index (χ2n) is 7.92. The van der Waals surface area contributed by atoms with Gasteiger partial charge in [0.1, 0.15) is 5.75 Å². The molecule has 32 heavy (non-hydrogen) atoms. The molecule has 3 aromatic rings. The number of nitrogens with one attached hydrogen (secondary N) is 2. The highest BCUT2D eigenvalue weighted by Crippen LogP contribution is 2.25. The topological polar surface area (TPSA) is 84.5 Å². The molecule has 0 saturated heterocycles. The largest absolute Gasteiger partial charge is 0.483 e. The van der Waals surface area contributed by atoms with Crippen LogP contribution in [-0.4, -0.2) is 20.9 Å². The van der Waals surface area contributed by atoms with E-state index in [1.54, 1.807) is 25.1 Å². The van der Waals surface area contributed by atoms with Crippen molar-refractivity contribution in [1.82, 2.24) is 0 Å². The molecule has 3 aromatic carbocycles. The smallest absolute Gasteiger partial charge is 0.262 e. The minimum atomic E-state index is -3.75. The van der Waals surface area contributed by atoms with Gasteiger partial charge in [0.15, 0.2) is 6.61 Å². The summed E-state index contributed by atoms with van der Waals surface area (Å²) in [6.07, 6.45) is 0. The summed E-state index contributed by atoms with van der Waals surface area (Å²) in [7, 11) is -3.75. The Morgan fingerprint density at radius 1 is 0.844 bits per heavy atom. The average molecular weight is 453 g/mol. The maximum absolute atomic E-state index is 12.8. The van der Waals surface area contributed by atoms with Gasteiger partial charge in [-0.25, -0.2) is 8.42 Å². The van der Waals surface area contributed by atoms with E-state index in [2.05, 4.69) is 10.0 Å². The molecule has 0 aromatic heterocycles. The minimum Gasteiger partial charge on any atom is -0.483 e. The number of carbonyl (C=O) groups is 1. The summed E-state index contributed by atoms with van der Waals surface area (Å²) in [6, 6.07) is 15.7. The highest BCUT2D eigenvalue weighted by atomic mass is 32.2. The van der Waals surface area contributed by atoms with E-state index in [1.807, 2.05) is 52.0 Å². The van der Waals surface area contributed by atoms with E-state index in [1.165, 1.54) is 12.1 Å². The van der Waals surface area contributed by atoms with Gasteiger partial charge in [-0.3, -0.25) is 9.52 Å². The van der Waals surface area contributed by atoms with Crippen molar-refractivity contribution in [2.24, 2.45) is 0 Å². The molecule has 1 amide bonds. The van der Waals surface area contributed by atoms with Crippen LogP contribution in [0.2, 0.25) is 0 Å². The Labute approximate surface area is 189 Å². The molecule has 168 valence electrons. The third-order valence-electron chi connectivity index (χ3n) is 5.45. The molecule has 0 saturated carbocycles. The fraction of sp³-hybridized carbons (Fsp3) is 0.240. The standard InChI is InChI=1S/C25H28N2O4S/c1-16-9-10-21(13-18(16)3)27-32(29,30)22-11-12-24(19(4)14-22)31-15-25(28)26-23-8-6-7-17(2)20(23)5/h6-14,27H,15H2,1-5H3,(H,26,28). The lowest BCUT2D eigenvalue weighted by molar-refractivity contribution is -0.118. The number of benzene rings is 3. The van der Waals surface area contributed by atoms with Crippen molar-refractivity contribution in [3.8, 4) is 5.75 Å². The van der Waals surface area contributed by atoms with Crippen molar-refractivity contribution in [3.05, 3.63) is 82.4 Å². The Hall–Kier alpha value is -3.32. The number of rotatable bonds is 7. The molecule has 0 spiro atoms. The van der Waals surface area contributed by atoms with Gasteiger partial charge in [-0.2, -0.15) is 0 Å². The molecule has 0 bridgehead atoms. The van der Waals surface area contributed by atoms with E-state index in [-0.39, 0.29) is 17.4 Å². The first-order chi connectivity index (χ1) is 15.1. The number of amides is 1. The maximum Gasteiger partial charge on any atom is 0.262 e. The predicted octanol–water partition coefficient (Wildman–Crippen LogP) is 5.05. The van der Waals surface area contributed by atoms with Crippen LogP contribution in [-0.2, 0) is 14.8 Å². The van der Waals surface area contributed by atoms with Gasteiger partial charge < -0.3 is 10.1 Å². The monoisotopic (exact) mass is 452 g/mol. The Balaban J connectivity index is 1.67. The molecule has 2 N–H and O–H groups in total. The first-order valence-corrected chi connectivity index (χ1v) is 11.7. The summed E-state index contributed by atoms with van der Waals surface area (Å²) in [5, 5.41) is 2.84. The van der Waals surface area contributed by atoms with Crippen molar-refractivity contribution in [3.63, 3.8) is 0 Å². The highest BCUT2D eigenvalue weighted by Gasteiger charge is 2.17. The van der Waals surface area contributed by atoms with Crippen molar-refractivity contribution >= 4 is 27.3 Å². The predicted molar refractivity (Wildman–Crippen MR) is 128 cm³/mol. The molecule has 0 radical (unpaired) electrons. The van der Waals surface area contributed by atoms with Gasteiger partial charge in [0.2, 0.25) is 0 Å². The van der Waals surface area contributed by atoms with Crippen molar-refractivity contribution in [2.75, 3.05) is 16.6 Å². The Morgan fingerprint density at radius 2 is 1.59 bits per heavy atom. The molecule has 3 rings (SSSR count). The number of anilines is 2. The van der Waals surface area contributed by atoms with Crippen LogP contribution in [0.4, 0.5) is 11.4 Å². The van der Waals surface area contributed by atoms with Crippen LogP contribution < -0.4 is 14.8 Å². The van der Waals surface area contributed by atoms with Gasteiger partial charge in [0, 0.05) is 11.4 Å². The van der Waals surface area contributed by atoms with Crippen LogP contribution in [0.3, 0.4) is 0 Å². The zero-order chi connectivity index (χ0) is 23.5. The SMILES string of the molecule is Cc1ccc(NS(=O)(=O)c2ccc(OCC(=O)Nc3cccc(C)c3C)c(C)c2)cc1C. The number of sulfonamides is 1. The molecule has 0 heterocycles. The molecule has 7 heteroatoms. The summed E-state index contributed by atoms with van der Waals surface area (Å²) in [5.74, 6) is 0.164. The van der Waals surface area contributed by atoms with Crippen LogP contribution >= 0.6 is 0 Å². The fourth-order valence-electron chi connectivity index (χ4n) is 3.19. The molecule has 0 unspecified atom stereocenters. The number of hydrogen-bond acceptors (Lipinski definition) is 4. The lowest BCUT2D eigenvalue weighted by atomic mass is 10.1. The number of carbonyl (C=O) groups excluding carboxylic acids is 1. The normalized spacial score (nSPS) is 11.2. The van der Waals surface area contributed by atoms with Gasteiger partial charge in [-0.15, -0.1) is 0 Å². The lowest BCUT2D eigenvalue weighted by Crippen LogP contribution is -2.21. The molecule has 0 aliphatic heterocycles. The minimum absolute atomic E-state index is 0.125. The van der Waals surface area contributed by atoms with Crippen molar-refractivity contribution < 1.29 is 17.9 Å². The van der Waals surface area contributed by atoms with Gasteiger partial charge >= 0.3 is 0 Å². The van der Waals surface area contributed by atoms with Crippen molar-refractivity contribution in [1.29, 1.82) is 0 Å². The zero-order valence-electron chi connectivity index (χ0n) is 18.9. The molecular formula is C25H28N2O4S. The Morgan fingerprint density at radius 3 is 2.28 bits per heavy atom. The summed E-state index contributed by atoms with van der Waals surface area (Å²) in [4.78, 5) is 12.4. The molecule has 6 nitrogen and oxygen atoms in total. The fourth-order valence-corrected chi connectivity index (χ4v) is 4.32. The molecular weight excluding hydrogens is 424 g/mol. The average Bonchev–Trinajstić information content (AvgIpc) is 2.73. The van der Waals surface area contributed by atoms with Gasteiger partial charge in [0.05, 0.1) is 4.90 Å². The van der Waals surface area contributed by atoms with Gasteiger partial charge in [-0.05, 0) is 98.8 Å². The quantitative estimate of drug-likeness (QED) is 0.526. The van der Waals surface area contributed by atoms with Gasteiger partial charge in [-0.1, -0.05) is 18.2 Å². The first kappa shape index (κ1) is 23.3. The van der Waals surface area contributed by atoms with E-state index in [0.717, 1.165) is 27.9 Å². The third-order valence-corrected chi connectivity index (χ3v) is 6.83. The summed E-state index contributed by atoms with van der Waals surface area (Å²) >= 11 is 0. The van der Waals surface area contributed by atoms with Crippen LogP contribution in [0.5, 0.6) is 5.75 Å². The number of ether oxygens (including phenoxy) is 1. The molecule has 0 aliphatic rings. The Kier molecular flexibility index (Phi) is 6.89. The van der Waals surface area contributed by atoms with E-state index >= 15 is 0 Å². The van der Waals surface area contributed by atoms with Crippen molar-refractivity contribution in [2.45, 2.75) is 39.5 Å². The van der Waals surface area contributed by atoms with Crippen LogP contribution in [0.25, 0.3) is 0 Å². The van der Waals surface area contributed by atoms with Crippen LogP contribution in [0.1, 0.15) is 27.8 Å². The Bertz CT molecular complexity index is 1270. The number of aryl methyl sites for hydroxylation is 4. The highest BCUT2D eigenvalue weighted by molar-refractivity contribution is 7.92. The van der Waals surface area contributed by atoms with E-state index in [0.29, 0.717) is 17.0 Å².